The van der Waals surface area contributed by atoms with Crippen LogP contribution in [0.4, 0.5) is 0 Å². The molecule has 3 aromatic carbocycles. The standard InChI is InChI=1S/C36H26N4/c1-23-18-26(21-39-35(23)25-10-9-16-37-20-25)33-28-11-3-5-13-30(28)34(31-14-6-4-12-29(31)33)27-19-24(2)36(40-22-27)32-15-7-8-17-38-32/h3-22H,1-2H3. The molecule has 4 heterocycles. The molecule has 0 aliphatic carbocycles. The van der Waals surface area contributed by atoms with Crippen molar-refractivity contribution in [1.29, 1.82) is 0 Å². The van der Waals surface area contributed by atoms with E-state index in [2.05, 4.69) is 90.5 Å². The molecular formula is C36H26N4. The fourth-order valence-corrected chi connectivity index (χ4v) is 5.75. The van der Waals surface area contributed by atoms with E-state index in [9.17, 15) is 0 Å². The van der Waals surface area contributed by atoms with Crippen molar-refractivity contribution in [3.05, 3.63) is 133 Å². The van der Waals surface area contributed by atoms with Gasteiger partial charge in [0.1, 0.15) is 0 Å². The zero-order valence-electron chi connectivity index (χ0n) is 22.3. The monoisotopic (exact) mass is 514 g/mol. The number of benzene rings is 3. The van der Waals surface area contributed by atoms with Crippen molar-refractivity contribution in [1.82, 2.24) is 19.9 Å². The van der Waals surface area contributed by atoms with Gasteiger partial charge in [-0.05, 0) is 94.0 Å². The summed E-state index contributed by atoms with van der Waals surface area (Å²) in [7, 11) is 0. The number of hydrogen-bond donors (Lipinski definition) is 0. The highest BCUT2D eigenvalue weighted by molar-refractivity contribution is 6.21. The maximum Gasteiger partial charge on any atom is 0.0915 e. The first kappa shape index (κ1) is 23.9. The minimum atomic E-state index is 0.884. The number of aryl methyl sites for hydroxylation is 2. The quantitative estimate of drug-likeness (QED) is 0.220. The topological polar surface area (TPSA) is 51.6 Å². The minimum absolute atomic E-state index is 0.884. The maximum atomic E-state index is 4.91. The van der Waals surface area contributed by atoms with Gasteiger partial charge in [0.05, 0.1) is 17.1 Å². The molecule has 0 aliphatic heterocycles. The van der Waals surface area contributed by atoms with E-state index in [4.69, 9.17) is 9.97 Å². The summed E-state index contributed by atoms with van der Waals surface area (Å²) < 4.78 is 0. The summed E-state index contributed by atoms with van der Waals surface area (Å²) in [6.45, 7) is 4.23. The molecule has 0 spiro atoms. The molecule has 0 aliphatic rings. The van der Waals surface area contributed by atoms with Crippen LogP contribution in [-0.4, -0.2) is 19.9 Å². The number of hydrogen-bond acceptors (Lipinski definition) is 4. The van der Waals surface area contributed by atoms with Gasteiger partial charge in [-0.3, -0.25) is 19.9 Å². The van der Waals surface area contributed by atoms with Crippen molar-refractivity contribution in [3.63, 3.8) is 0 Å². The number of pyridine rings is 4. The van der Waals surface area contributed by atoms with Crippen molar-refractivity contribution in [2.75, 3.05) is 0 Å². The third-order valence-electron chi connectivity index (χ3n) is 7.51. The number of rotatable bonds is 4. The lowest BCUT2D eigenvalue weighted by atomic mass is 9.86. The lowest BCUT2D eigenvalue weighted by molar-refractivity contribution is 1.22. The molecule has 7 aromatic rings. The number of fused-ring (bicyclic) bond motifs is 2. The molecule has 0 saturated carbocycles. The largest absolute Gasteiger partial charge is 0.264 e. The fourth-order valence-electron chi connectivity index (χ4n) is 5.75. The van der Waals surface area contributed by atoms with Gasteiger partial charge in [-0.2, -0.15) is 0 Å². The van der Waals surface area contributed by atoms with Crippen LogP contribution in [0.15, 0.2) is 122 Å². The highest BCUT2D eigenvalue weighted by Gasteiger charge is 2.18. The maximum absolute atomic E-state index is 4.91. The molecule has 40 heavy (non-hydrogen) atoms. The Kier molecular flexibility index (Phi) is 5.86. The molecule has 0 radical (unpaired) electrons. The molecule has 4 aromatic heterocycles. The summed E-state index contributed by atoms with van der Waals surface area (Å²) in [4.78, 5) is 18.6. The second-order valence-electron chi connectivity index (χ2n) is 10.1. The minimum Gasteiger partial charge on any atom is -0.264 e. The predicted octanol–water partition coefficient (Wildman–Crippen LogP) is 8.86. The molecule has 7 rings (SSSR count). The lowest BCUT2D eigenvalue weighted by Gasteiger charge is -2.18. The van der Waals surface area contributed by atoms with Gasteiger partial charge in [0.2, 0.25) is 0 Å². The molecule has 0 N–H and O–H groups in total. The number of nitrogens with zero attached hydrogens (tertiary/aromatic N) is 4. The first-order chi connectivity index (χ1) is 19.7. The summed E-state index contributed by atoms with van der Waals surface area (Å²) in [5.41, 5.74) is 10.6. The highest BCUT2D eigenvalue weighted by Crippen LogP contribution is 2.44. The van der Waals surface area contributed by atoms with Crippen LogP contribution in [0.5, 0.6) is 0 Å². The molecule has 4 heteroatoms. The van der Waals surface area contributed by atoms with Crippen LogP contribution in [0.3, 0.4) is 0 Å². The molecule has 0 saturated heterocycles. The third kappa shape index (κ3) is 4.02. The van der Waals surface area contributed by atoms with E-state index in [0.29, 0.717) is 0 Å². The molecule has 4 nitrogen and oxygen atoms in total. The van der Waals surface area contributed by atoms with Gasteiger partial charge in [0, 0.05) is 47.7 Å². The van der Waals surface area contributed by atoms with E-state index >= 15 is 0 Å². The highest BCUT2D eigenvalue weighted by atomic mass is 14.8. The van der Waals surface area contributed by atoms with Crippen molar-refractivity contribution in [3.8, 4) is 44.9 Å². The zero-order chi connectivity index (χ0) is 27.1. The summed E-state index contributed by atoms with van der Waals surface area (Å²) in [5.74, 6) is 0. The van der Waals surface area contributed by atoms with Gasteiger partial charge in [-0.1, -0.05) is 54.6 Å². The molecule has 0 unspecified atom stereocenters. The summed E-state index contributed by atoms with van der Waals surface area (Å²) in [6.07, 6.45) is 9.44. The Morgan fingerprint density at radius 3 is 1.48 bits per heavy atom. The first-order valence-electron chi connectivity index (χ1n) is 13.4. The van der Waals surface area contributed by atoms with E-state index in [1.54, 1.807) is 6.20 Å². The van der Waals surface area contributed by atoms with Gasteiger partial charge in [0.15, 0.2) is 0 Å². The molecular weight excluding hydrogens is 488 g/mol. The Hall–Kier alpha value is -5.22. The van der Waals surface area contributed by atoms with Crippen LogP contribution in [0.25, 0.3) is 66.4 Å². The first-order valence-corrected chi connectivity index (χ1v) is 13.4. The van der Waals surface area contributed by atoms with Gasteiger partial charge in [-0.25, -0.2) is 0 Å². The van der Waals surface area contributed by atoms with Crippen LogP contribution in [0.1, 0.15) is 11.1 Å². The van der Waals surface area contributed by atoms with Crippen molar-refractivity contribution < 1.29 is 0 Å². The van der Waals surface area contributed by atoms with Crippen LogP contribution in [0.2, 0.25) is 0 Å². The van der Waals surface area contributed by atoms with Crippen LogP contribution in [0, 0.1) is 13.8 Å². The molecule has 0 bridgehead atoms. The Labute approximate surface area is 233 Å². The second kappa shape index (κ2) is 9.83. The van der Waals surface area contributed by atoms with Crippen LogP contribution >= 0.6 is 0 Å². The summed E-state index contributed by atoms with van der Waals surface area (Å²) >= 11 is 0. The SMILES string of the molecule is Cc1cc(-c2c3ccccc3c(-c3cnc(-c4ccccn4)c(C)c3)c3ccccc23)cnc1-c1cccnc1. The van der Waals surface area contributed by atoms with E-state index < -0.39 is 0 Å². The van der Waals surface area contributed by atoms with E-state index in [1.807, 2.05) is 49.1 Å². The van der Waals surface area contributed by atoms with E-state index in [-0.39, 0.29) is 0 Å². The van der Waals surface area contributed by atoms with Crippen LogP contribution in [-0.2, 0) is 0 Å². The molecule has 0 fully saturated rings. The fraction of sp³-hybridized carbons (Fsp3) is 0.0556. The van der Waals surface area contributed by atoms with Gasteiger partial charge in [-0.15, -0.1) is 0 Å². The van der Waals surface area contributed by atoms with Crippen LogP contribution < -0.4 is 0 Å². The Balaban J connectivity index is 1.46. The van der Waals surface area contributed by atoms with E-state index in [0.717, 1.165) is 44.9 Å². The normalized spacial score (nSPS) is 11.2. The number of aromatic nitrogens is 4. The average molecular weight is 515 g/mol. The smallest absolute Gasteiger partial charge is 0.0915 e. The Bertz CT molecular complexity index is 1810. The van der Waals surface area contributed by atoms with Gasteiger partial charge < -0.3 is 0 Å². The van der Waals surface area contributed by atoms with Gasteiger partial charge in [0.25, 0.3) is 0 Å². The molecule has 190 valence electrons. The zero-order valence-corrected chi connectivity index (χ0v) is 22.3. The molecule has 0 amide bonds. The van der Waals surface area contributed by atoms with Crippen molar-refractivity contribution in [2.45, 2.75) is 13.8 Å². The summed E-state index contributed by atoms with van der Waals surface area (Å²) in [5, 5.41) is 4.77. The predicted molar refractivity (Wildman–Crippen MR) is 164 cm³/mol. The van der Waals surface area contributed by atoms with Crippen molar-refractivity contribution >= 4 is 21.5 Å². The average Bonchev–Trinajstić information content (AvgIpc) is 3.00. The van der Waals surface area contributed by atoms with Crippen molar-refractivity contribution in [2.24, 2.45) is 0 Å². The Morgan fingerprint density at radius 2 is 1.00 bits per heavy atom. The van der Waals surface area contributed by atoms with Gasteiger partial charge >= 0.3 is 0 Å². The summed E-state index contributed by atoms with van der Waals surface area (Å²) in [6, 6.07) is 31.7. The second-order valence-corrected chi connectivity index (χ2v) is 10.1. The molecule has 0 atom stereocenters. The van der Waals surface area contributed by atoms with E-state index in [1.165, 1.54) is 32.7 Å². The third-order valence-corrected chi connectivity index (χ3v) is 7.51. The lowest BCUT2D eigenvalue weighted by Crippen LogP contribution is -1.95. The Morgan fingerprint density at radius 1 is 0.450 bits per heavy atom.